The van der Waals surface area contributed by atoms with Gasteiger partial charge in [0.05, 0.1) is 6.07 Å². The second-order valence-corrected chi connectivity index (χ2v) is 6.24. The maximum atomic E-state index is 12.0. The Hall–Kier alpha value is -1.58. The van der Waals surface area contributed by atoms with Gasteiger partial charge in [-0.3, -0.25) is 0 Å². The standard InChI is InChI=1S/C12H17N3O2S/c1-3-15(18(16,17)10(2)8-13)9-11-4-6-12(14)7-5-11/h4-7,10H,3,9,14H2,1-2H3. The highest BCUT2D eigenvalue weighted by molar-refractivity contribution is 7.89. The normalized spacial score (nSPS) is 13.2. The van der Waals surface area contributed by atoms with Gasteiger partial charge in [-0.1, -0.05) is 19.1 Å². The summed E-state index contributed by atoms with van der Waals surface area (Å²) < 4.78 is 25.4. The molecule has 0 aliphatic rings. The zero-order valence-electron chi connectivity index (χ0n) is 10.5. The molecule has 0 saturated carbocycles. The Morgan fingerprint density at radius 1 is 1.39 bits per heavy atom. The van der Waals surface area contributed by atoms with Crippen molar-refractivity contribution in [3.63, 3.8) is 0 Å². The third kappa shape index (κ3) is 3.22. The van der Waals surface area contributed by atoms with Crippen molar-refractivity contribution >= 4 is 15.7 Å². The predicted molar refractivity (Wildman–Crippen MR) is 70.9 cm³/mol. The maximum absolute atomic E-state index is 12.0. The highest BCUT2D eigenvalue weighted by Gasteiger charge is 2.27. The number of sulfonamides is 1. The van der Waals surface area contributed by atoms with Gasteiger partial charge < -0.3 is 5.73 Å². The molecule has 0 amide bonds. The molecule has 18 heavy (non-hydrogen) atoms. The minimum atomic E-state index is -3.57. The third-order valence-electron chi connectivity index (χ3n) is 2.68. The summed E-state index contributed by atoms with van der Waals surface area (Å²) in [5.41, 5.74) is 7.05. The molecule has 0 fully saturated rings. The van der Waals surface area contributed by atoms with Crippen LogP contribution in [0.5, 0.6) is 0 Å². The number of benzene rings is 1. The second-order valence-electron chi connectivity index (χ2n) is 3.98. The number of rotatable bonds is 5. The van der Waals surface area contributed by atoms with E-state index in [9.17, 15) is 8.42 Å². The number of nitrogen functional groups attached to an aromatic ring is 1. The molecule has 98 valence electrons. The number of nitrogens with two attached hydrogens (primary N) is 1. The van der Waals surface area contributed by atoms with Gasteiger partial charge in [0.1, 0.15) is 0 Å². The van der Waals surface area contributed by atoms with E-state index in [0.29, 0.717) is 12.2 Å². The molecule has 0 heterocycles. The largest absolute Gasteiger partial charge is 0.399 e. The first-order valence-corrected chi connectivity index (χ1v) is 7.15. The van der Waals surface area contributed by atoms with Crippen LogP contribution in [0.15, 0.2) is 24.3 Å². The number of anilines is 1. The van der Waals surface area contributed by atoms with Crippen molar-refractivity contribution in [1.29, 1.82) is 5.26 Å². The fourth-order valence-electron chi connectivity index (χ4n) is 1.50. The Balaban J connectivity index is 2.93. The summed E-state index contributed by atoms with van der Waals surface area (Å²) in [6.07, 6.45) is 0. The van der Waals surface area contributed by atoms with E-state index >= 15 is 0 Å². The number of nitrogens with zero attached hydrogens (tertiary/aromatic N) is 2. The molecule has 6 heteroatoms. The molecule has 0 saturated heterocycles. The Morgan fingerprint density at radius 2 is 1.94 bits per heavy atom. The molecule has 0 radical (unpaired) electrons. The number of hydrogen-bond donors (Lipinski definition) is 1. The first-order chi connectivity index (χ1) is 8.41. The van der Waals surface area contributed by atoms with Gasteiger partial charge in [-0.2, -0.15) is 9.57 Å². The van der Waals surface area contributed by atoms with Gasteiger partial charge in [-0.25, -0.2) is 8.42 Å². The van der Waals surface area contributed by atoms with Crippen LogP contribution in [0.4, 0.5) is 5.69 Å². The molecule has 0 spiro atoms. The van der Waals surface area contributed by atoms with Gasteiger partial charge in [-0.05, 0) is 24.6 Å². The van der Waals surface area contributed by atoms with E-state index in [1.54, 1.807) is 37.3 Å². The first kappa shape index (κ1) is 14.5. The molecule has 2 N–H and O–H groups in total. The summed E-state index contributed by atoms with van der Waals surface area (Å²) >= 11 is 0. The smallest absolute Gasteiger partial charge is 0.230 e. The lowest BCUT2D eigenvalue weighted by atomic mass is 10.2. The summed E-state index contributed by atoms with van der Waals surface area (Å²) in [6, 6.07) is 8.78. The summed E-state index contributed by atoms with van der Waals surface area (Å²) in [7, 11) is -3.57. The van der Waals surface area contributed by atoms with Crippen molar-refractivity contribution in [3.05, 3.63) is 29.8 Å². The van der Waals surface area contributed by atoms with Crippen LogP contribution in [0.25, 0.3) is 0 Å². The average Bonchev–Trinajstić information content (AvgIpc) is 2.36. The van der Waals surface area contributed by atoms with Gasteiger partial charge in [0.2, 0.25) is 10.0 Å². The topological polar surface area (TPSA) is 87.2 Å². The Labute approximate surface area is 108 Å². The van der Waals surface area contributed by atoms with E-state index in [1.165, 1.54) is 11.2 Å². The molecule has 0 aliphatic heterocycles. The van der Waals surface area contributed by atoms with Crippen LogP contribution in [0.3, 0.4) is 0 Å². The Morgan fingerprint density at radius 3 is 2.39 bits per heavy atom. The SMILES string of the molecule is CCN(Cc1ccc(N)cc1)S(=O)(=O)C(C)C#N. The maximum Gasteiger partial charge on any atom is 0.230 e. The molecule has 5 nitrogen and oxygen atoms in total. The van der Waals surface area contributed by atoms with Crippen molar-refractivity contribution < 1.29 is 8.42 Å². The van der Waals surface area contributed by atoms with Crippen LogP contribution in [0, 0.1) is 11.3 Å². The summed E-state index contributed by atoms with van der Waals surface area (Å²) in [5, 5.41) is 7.71. The zero-order chi connectivity index (χ0) is 13.8. The second kappa shape index (κ2) is 5.85. The van der Waals surface area contributed by atoms with E-state index in [0.717, 1.165) is 5.56 Å². The van der Waals surface area contributed by atoms with Crippen LogP contribution in [-0.4, -0.2) is 24.5 Å². The Kier molecular flexibility index (Phi) is 4.70. The van der Waals surface area contributed by atoms with E-state index in [-0.39, 0.29) is 6.54 Å². The molecule has 1 unspecified atom stereocenters. The molecule has 1 aromatic rings. The van der Waals surface area contributed by atoms with Crippen LogP contribution >= 0.6 is 0 Å². The van der Waals surface area contributed by atoms with E-state index in [2.05, 4.69) is 0 Å². The average molecular weight is 267 g/mol. The summed E-state index contributed by atoms with van der Waals surface area (Å²) in [6.45, 7) is 3.73. The van der Waals surface area contributed by atoms with Gasteiger partial charge in [-0.15, -0.1) is 0 Å². The first-order valence-electron chi connectivity index (χ1n) is 5.64. The highest BCUT2D eigenvalue weighted by Crippen LogP contribution is 2.14. The minimum absolute atomic E-state index is 0.255. The quantitative estimate of drug-likeness (QED) is 0.815. The zero-order valence-corrected chi connectivity index (χ0v) is 11.3. The predicted octanol–water partition coefficient (Wildman–Crippen LogP) is 1.33. The van der Waals surface area contributed by atoms with Gasteiger partial charge >= 0.3 is 0 Å². The van der Waals surface area contributed by atoms with E-state index in [1.807, 2.05) is 0 Å². The molecule has 1 atom stereocenters. The van der Waals surface area contributed by atoms with Crippen molar-refractivity contribution in [2.45, 2.75) is 25.6 Å². The monoisotopic (exact) mass is 267 g/mol. The fraction of sp³-hybridized carbons (Fsp3) is 0.417. The molecular weight excluding hydrogens is 250 g/mol. The van der Waals surface area contributed by atoms with Crippen LogP contribution in [0.1, 0.15) is 19.4 Å². The molecule has 0 bridgehead atoms. The highest BCUT2D eigenvalue weighted by atomic mass is 32.2. The minimum Gasteiger partial charge on any atom is -0.399 e. The molecule has 1 aromatic carbocycles. The lowest BCUT2D eigenvalue weighted by molar-refractivity contribution is 0.420. The molecule has 0 aromatic heterocycles. The van der Waals surface area contributed by atoms with Gasteiger partial charge in [0.15, 0.2) is 5.25 Å². The van der Waals surface area contributed by atoms with Crippen molar-refractivity contribution in [3.8, 4) is 6.07 Å². The molecular formula is C12H17N3O2S. The van der Waals surface area contributed by atoms with Gasteiger partial charge in [0, 0.05) is 18.8 Å². The molecule has 0 aliphatic carbocycles. The lowest BCUT2D eigenvalue weighted by Gasteiger charge is -2.21. The number of nitriles is 1. The Bertz CT molecular complexity index is 531. The van der Waals surface area contributed by atoms with Crippen molar-refractivity contribution in [1.82, 2.24) is 4.31 Å². The van der Waals surface area contributed by atoms with Gasteiger partial charge in [0.25, 0.3) is 0 Å². The van der Waals surface area contributed by atoms with Crippen molar-refractivity contribution in [2.75, 3.05) is 12.3 Å². The molecule has 1 rings (SSSR count). The number of hydrogen-bond acceptors (Lipinski definition) is 4. The van der Waals surface area contributed by atoms with E-state index in [4.69, 9.17) is 11.0 Å². The third-order valence-corrected chi connectivity index (χ3v) is 4.79. The summed E-state index contributed by atoms with van der Waals surface area (Å²) in [5.74, 6) is 0. The van der Waals surface area contributed by atoms with Crippen molar-refractivity contribution in [2.24, 2.45) is 0 Å². The van der Waals surface area contributed by atoms with Crippen LogP contribution in [-0.2, 0) is 16.6 Å². The fourth-order valence-corrected chi connectivity index (χ4v) is 2.77. The van der Waals surface area contributed by atoms with E-state index < -0.39 is 15.3 Å². The lowest BCUT2D eigenvalue weighted by Crippen LogP contribution is -2.36. The van der Waals surface area contributed by atoms with Crippen LogP contribution in [0.2, 0.25) is 0 Å². The summed E-state index contributed by atoms with van der Waals surface area (Å²) in [4.78, 5) is 0. The van der Waals surface area contributed by atoms with Crippen LogP contribution < -0.4 is 5.73 Å².